The summed E-state index contributed by atoms with van der Waals surface area (Å²) in [6.07, 6.45) is 2.76. The van der Waals surface area contributed by atoms with Crippen molar-refractivity contribution in [1.29, 1.82) is 0 Å². The number of thiazole rings is 1. The standard InChI is InChI=1S/C17H20F2N4O2S/c1-2-5-10-8-12(23-22-10)15(24)21-17-20-13(9-26-17)11-6-3-4-7-14(11)25-16(18)19/h3-4,6-7,9-10,12,16,22-23H,2,5,8H2,1H3,(H,20,21,24). The second-order valence-electron chi connectivity index (χ2n) is 5.96. The van der Waals surface area contributed by atoms with E-state index < -0.39 is 6.61 Å². The Bertz CT molecular complexity index is 756. The molecule has 1 aliphatic rings. The van der Waals surface area contributed by atoms with Crippen LogP contribution in [0.15, 0.2) is 29.6 Å². The number of hydrazine groups is 1. The molecule has 2 atom stereocenters. The Morgan fingerprint density at radius 1 is 1.42 bits per heavy atom. The highest BCUT2D eigenvalue weighted by Crippen LogP contribution is 2.33. The van der Waals surface area contributed by atoms with Crippen LogP contribution < -0.4 is 20.9 Å². The minimum absolute atomic E-state index is 0.0507. The molecule has 6 nitrogen and oxygen atoms in total. The van der Waals surface area contributed by atoms with Crippen molar-refractivity contribution >= 4 is 22.4 Å². The fourth-order valence-corrected chi connectivity index (χ4v) is 3.57. The second-order valence-corrected chi connectivity index (χ2v) is 6.82. The summed E-state index contributed by atoms with van der Waals surface area (Å²) in [6.45, 7) is -0.812. The minimum Gasteiger partial charge on any atom is -0.434 e. The van der Waals surface area contributed by atoms with Gasteiger partial charge in [0.15, 0.2) is 5.13 Å². The maximum atomic E-state index is 12.5. The number of halogens is 2. The molecule has 0 saturated carbocycles. The van der Waals surface area contributed by atoms with Crippen molar-refractivity contribution in [3.8, 4) is 17.0 Å². The fourth-order valence-electron chi connectivity index (χ4n) is 2.86. The van der Waals surface area contributed by atoms with Crippen LogP contribution in [0, 0.1) is 0 Å². The Morgan fingerprint density at radius 2 is 2.23 bits per heavy atom. The molecule has 1 aliphatic heterocycles. The van der Waals surface area contributed by atoms with Crippen LogP contribution in [0.1, 0.15) is 26.2 Å². The third-order valence-corrected chi connectivity index (χ3v) is 4.81. The van der Waals surface area contributed by atoms with Gasteiger partial charge in [-0.3, -0.25) is 10.2 Å². The van der Waals surface area contributed by atoms with E-state index in [0.717, 1.165) is 12.8 Å². The number of carbonyl (C=O) groups is 1. The van der Waals surface area contributed by atoms with Crippen LogP contribution in [0.25, 0.3) is 11.3 Å². The number of ether oxygens (including phenoxy) is 1. The number of benzene rings is 1. The van der Waals surface area contributed by atoms with E-state index in [2.05, 4.69) is 32.8 Å². The molecule has 2 aromatic rings. The number of nitrogens with zero attached hydrogens (tertiary/aromatic N) is 1. The summed E-state index contributed by atoms with van der Waals surface area (Å²) >= 11 is 1.24. The molecule has 1 amide bonds. The number of hydrogen-bond donors (Lipinski definition) is 3. The maximum Gasteiger partial charge on any atom is 0.387 e. The number of nitrogens with one attached hydrogen (secondary N) is 3. The smallest absolute Gasteiger partial charge is 0.387 e. The second kappa shape index (κ2) is 8.52. The summed E-state index contributed by atoms with van der Waals surface area (Å²) in [5, 5.41) is 4.89. The highest BCUT2D eigenvalue weighted by atomic mass is 32.1. The van der Waals surface area contributed by atoms with E-state index in [9.17, 15) is 13.6 Å². The van der Waals surface area contributed by atoms with Crippen molar-refractivity contribution in [1.82, 2.24) is 15.8 Å². The number of hydrogen-bond acceptors (Lipinski definition) is 6. The molecule has 1 saturated heterocycles. The number of carbonyl (C=O) groups excluding carboxylic acids is 1. The molecule has 0 radical (unpaired) electrons. The largest absolute Gasteiger partial charge is 0.434 e. The highest BCUT2D eigenvalue weighted by Gasteiger charge is 2.29. The van der Waals surface area contributed by atoms with E-state index in [1.54, 1.807) is 23.6 Å². The molecule has 3 N–H and O–H groups in total. The van der Waals surface area contributed by atoms with Crippen LogP contribution in [-0.2, 0) is 4.79 Å². The topological polar surface area (TPSA) is 75.3 Å². The van der Waals surface area contributed by atoms with Crippen molar-refractivity contribution in [3.63, 3.8) is 0 Å². The van der Waals surface area contributed by atoms with Crippen molar-refractivity contribution in [2.24, 2.45) is 0 Å². The summed E-state index contributed by atoms with van der Waals surface area (Å²) in [6, 6.07) is 6.39. The van der Waals surface area contributed by atoms with E-state index in [4.69, 9.17) is 0 Å². The number of aromatic nitrogens is 1. The van der Waals surface area contributed by atoms with E-state index in [1.807, 2.05) is 0 Å². The molecule has 0 bridgehead atoms. The molecular weight excluding hydrogens is 362 g/mol. The summed E-state index contributed by atoms with van der Waals surface area (Å²) < 4.78 is 29.6. The van der Waals surface area contributed by atoms with Crippen molar-refractivity contribution in [2.45, 2.75) is 44.9 Å². The summed E-state index contributed by atoms with van der Waals surface area (Å²) in [7, 11) is 0. The van der Waals surface area contributed by atoms with Crippen LogP contribution in [0.4, 0.5) is 13.9 Å². The zero-order valence-electron chi connectivity index (χ0n) is 14.2. The zero-order chi connectivity index (χ0) is 18.5. The monoisotopic (exact) mass is 382 g/mol. The average Bonchev–Trinajstić information content (AvgIpc) is 3.25. The van der Waals surface area contributed by atoms with Crippen molar-refractivity contribution < 1.29 is 18.3 Å². The van der Waals surface area contributed by atoms with Gasteiger partial charge in [0.1, 0.15) is 11.8 Å². The zero-order valence-corrected chi connectivity index (χ0v) is 15.0. The van der Waals surface area contributed by atoms with Gasteiger partial charge in [0.25, 0.3) is 0 Å². The molecule has 26 heavy (non-hydrogen) atoms. The van der Waals surface area contributed by atoms with Gasteiger partial charge < -0.3 is 10.1 Å². The Balaban J connectivity index is 1.66. The third-order valence-electron chi connectivity index (χ3n) is 4.05. The van der Waals surface area contributed by atoms with Crippen molar-refractivity contribution in [2.75, 3.05) is 5.32 Å². The first-order valence-corrected chi connectivity index (χ1v) is 9.26. The number of alkyl halides is 2. The quantitative estimate of drug-likeness (QED) is 0.685. The van der Waals surface area contributed by atoms with Gasteiger partial charge in [-0.25, -0.2) is 10.4 Å². The molecule has 0 aliphatic carbocycles. The Morgan fingerprint density at radius 3 is 3.00 bits per heavy atom. The summed E-state index contributed by atoms with van der Waals surface area (Å²) in [5.41, 5.74) is 7.03. The van der Waals surface area contributed by atoms with Crippen LogP contribution in [0.2, 0.25) is 0 Å². The van der Waals surface area contributed by atoms with Crippen LogP contribution in [0.3, 0.4) is 0 Å². The fraction of sp³-hybridized carbons (Fsp3) is 0.412. The van der Waals surface area contributed by atoms with E-state index in [0.29, 0.717) is 22.8 Å². The highest BCUT2D eigenvalue weighted by molar-refractivity contribution is 7.14. The molecular formula is C17H20F2N4O2S. The predicted molar refractivity (Wildman–Crippen MR) is 96.2 cm³/mol. The first-order valence-electron chi connectivity index (χ1n) is 8.38. The third kappa shape index (κ3) is 4.54. The lowest BCUT2D eigenvalue weighted by molar-refractivity contribution is -0.117. The van der Waals surface area contributed by atoms with Crippen LogP contribution in [0.5, 0.6) is 5.75 Å². The van der Waals surface area contributed by atoms with Crippen LogP contribution >= 0.6 is 11.3 Å². The van der Waals surface area contributed by atoms with Gasteiger partial charge in [0.05, 0.1) is 5.69 Å². The molecule has 2 unspecified atom stereocenters. The van der Waals surface area contributed by atoms with Crippen molar-refractivity contribution in [3.05, 3.63) is 29.6 Å². The first-order chi connectivity index (χ1) is 12.6. The Kier molecular flexibility index (Phi) is 6.12. The summed E-state index contributed by atoms with van der Waals surface area (Å²) in [4.78, 5) is 16.7. The van der Waals surface area contributed by atoms with Gasteiger partial charge in [-0.2, -0.15) is 8.78 Å². The summed E-state index contributed by atoms with van der Waals surface area (Å²) in [5.74, 6) is -0.121. The number of amides is 1. The van der Waals surface area contributed by atoms with Gasteiger partial charge in [-0.15, -0.1) is 11.3 Å². The van der Waals surface area contributed by atoms with Gasteiger partial charge in [-0.05, 0) is 25.0 Å². The number of rotatable bonds is 7. The maximum absolute atomic E-state index is 12.5. The molecule has 1 fully saturated rings. The van der Waals surface area contributed by atoms with E-state index >= 15 is 0 Å². The van der Waals surface area contributed by atoms with Gasteiger partial charge in [0, 0.05) is 17.0 Å². The normalized spacial score (nSPS) is 19.7. The van der Waals surface area contributed by atoms with Gasteiger partial charge >= 0.3 is 6.61 Å². The molecule has 1 aromatic heterocycles. The lowest BCUT2D eigenvalue weighted by atomic mass is 10.1. The number of anilines is 1. The van der Waals surface area contributed by atoms with Gasteiger partial charge in [0.2, 0.25) is 5.91 Å². The Labute approximate surface area is 153 Å². The first kappa shape index (κ1) is 18.7. The lowest BCUT2D eigenvalue weighted by Crippen LogP contribution is -2.40. The minimum atomic E-state index is -2.91. The molecule has 3 rings (SSSR count). The molecule has 1 aromatic carbocycles. The van der Waals surface area contributed by atoms with E-state index in [-0.39, 0.29) is 23.7 Å². The molecule has 140 valence electrons. The molecule has 9 heteroatoms. The SMILES string of the molecule is CCCC1CC(C(=O)Nc2nc(-c3ccccc3OC(F)F)cs2)NN1. The molecule has 0 spiro atoms. The predicted octanol–water partition coefficient (Wildman–Crippen LogP) is 3.39. The van der Waals surface area contributed by atoms with Gasteiger partial charge in [-0.1, -0.05) is 25.5 Å². The number of para-hydroxylation sites is 1. The Hall–Kier alpha value is -2.10. The lowest BCUT2D eigenvalue weighted by Gasteiger charge is -2.09. The molecule has 2 heterocycles. The van der Waals surface area contributed by atoms with E-state index in [1.165, 1.54) is 17.4 Å². The average molecular weight is 382 g/mol. The van der Waals surface area contributed by atoms with Crippen LogP contribution in [-0.4, -0.2) is 29.6 Å².